The molecule has 5 rings (SSSR count). The highest BCUT2D eigenvalue weighted by Crippen LogP contribution is 2.34. The third-order valence-corrected chi connectivity index (χ3v) is 6.01. The second-order valence-electron chi connectivity index (χ2n) is 8.71. The van der Waals surface area contributed by atoms with Crippen molar-refractivity contribution < 1.29 is 23.5 Å². The number of fused-ring (bicyclic) bond motifs is 1. The van der Waals surface area contributed by atoms with Crippen LogP contribution in [0.25, 0.3) is 0 Å². The van der Waals surface area contributed by atoms with Gasteiger partial charge in [0.25, 0.3) is 5.91 Å². The van der Waals surface area contributed by atoms with Gasteiger partial charge in [0.15, 0.2) is 0 Å². The van der Waals surface area contributed by atoms with Crippen LogP contribution >= 0.6 is 0 Å². The molecule has 1 aromatic heterocycles. The lowest BCUT2D eigenvalue weighted by Gasteiger charge is -2.20. The Hall–Kier alpha value is -4.66. The smallest absolute Gasteiger partial charge is 0.342 e. The molecule has 1 aliphatic rings. The van der Waals surface area contributed by atoms with Crippen LogP contribution in [0.5, 0.6) is 11.5 Å². The molecule has 0 saturated carbocycles. The Morgan fingerprint density at radius 1 is 1.08 bits per heavy atom. The maximum atomic E-state index is 13.5. The first kappa shape index (κ1) is 24.1. The van der Waals surface area contributed by atoms with E-state index in [2.05, 4.69) is 10.4 Å². The van der Waals surface area contributed by atoms with E-state index in [0.29, 0.717) is 30.2 Å². The first-order chi connectivity index (χ1) is 18.0. The summed E-state index contributed by atoms with van der Waals surface area (Å²) < 4.78 is 26.3. The number of likely N-dealkylation sites (N-methyl/N-ethyl adjacent to an activating group) is 1. The summed E-state index contributed by atoms with van der Waals surface area (Å²) in [6, 6.07) is 19.8. The second kappa shape index (κ2) is 10.5. The van der Waals surface area contributed by atoms with Crippen molar-refractivity contribution >= 4 is 17.6 Å². The van der Waals surface area contributed by atoms with E-state index >= 15 is 0 Å². The van der Waals surface area contributed by atoms with E-state index < -0.39 is 12.1 Å². The summed E-state index contributed by atoms with van der Waals surface area (Å²) in [6.07, 6.45) is 3.51. The number of nitrogens with zero attached hydrogens (tertiary/aromatic N) is 3. The van der Waals surface area contributed by atoms with Crippen molar-refractivity contribution in [3.8, 4) is 11.5 Å². The van der Waals surface area contributed by atoms with Gasteiger partial charge in [-0.25, -0.2) is 9.18 Å². The van der Waals surface area contributed by atoms with Gasteiger partial charge in [-0.05, 0) is 41.0 Å². The summed E-state index contributed by atoms with van der Waals surface area (Å²) in [5.41, 5.74) is 3.07. The lowest BCUT2D eigenvalue weighted by molar-refractivity contribution is -0.120. The van der Waals surface area contributed by atoms with Crippen LogP contribution in [-0.4, -0.2) is 41.4 Å². The molecule has 1 aliphatic heterocycles. The van der Waals surface area contributed by atoms with Crippen LogP contribution in [0.3, 0.4) is 0 Å². The van der Waals surface area contributed by atoms with Gasteiger partial charge in [-0.2, -0.15) is 9.78 Å². The van der Waals surface area contributed by atoms with Crippen molar-refractivity contribution in [2.75, 3.05) is 18.6 Å². The SMILES string of the molecule is CN1C(=O)[C@@H](NC(=O)n2cc(Cc3cccc(F)c3)cn2)COc2ccc(OCc3ccccc3)cc21. The molecule has 37 heavy (non-hydrogen) atoms. The van der Waals surface area contributed by atoms with Crippen LogP contribution in [0.2, 0.25) is 0 Å². The summed E-state index contributed by atoms with van der Waals surface area (Å²) in [5, 5.41) is 6.78. The van der Waals surface area contributed by atoms with E-state index in [4.69, 9.17) is 9.47 Å². The topological polar surface area (TPSA) is 85.7 Å². The number of benzene rings is 3. The molecule has 0 bridgehead atoms. The fourth-order valence-electron chi connectivity index (χ4n) is 4.07. The zero-order valence-electron chi connectivity index (χ0n) is 20.1. The Kier molecular flexibility index (Phi) is 6.85. The standard InChI is InChI=1S/C28H25FN4O4/c1-32-25-14-23(36-17-19-6-3-2-4-7-19)10-11-26(25)37-18-24(27(32)34)31-28(35)33-16-21(15-30-33)12-20-8-5-9-22(29)13-20/h2-11,13-16,24H,12,17-18H2,1H3,(H,31,35)/t24-/m0/s1. The fourth-order valence-corrected chi connectivity index (χ4v) is 4.07. The molecule has 1 N–H and O–H groups in total. The van der Waals surface area contributed by atoms with E-state index in [0.717, 1.165) is 21.4 Å². The zero-order chi connectivity index (χ0) is 25.8. The molecule has 0 spiro atoms. The molecular weight excluding hydrogens is 475 g/mol. The number of anilines is 1. The van der Waals surface area contributed by atoms with E-state index in [9.17, 15) is 14.0 Å². The van der Waals surface area contributed by atoms with Crippen molar-refractivity contribution in [1.29, 1.82) is 0 Å². The van der Waals surface area contributed by atoms with Crippen molar-refractivity contribution in [2.45, 2.75) is 19.1 Å². The number of rotatable bonds is 6. The van der Waals surface area contributed by atoms with E-state index in [1.165, 1.54) is 23.2 Å². The lowest BCUT2D eigenvalue weighted by atomic mass is 10.1. The molecule has 0 saturated heterocycles. The number of carbonyl (C=O) groups is 2. The Balaban J connectivity index is 1.23. The molecule has 0 radical (unpaired) electrons. The highest BCUT2D eigenvalue weighted by atomic mass is 19.1. The summed E-state index contributed by atoms with van der Waals surface area (Å²) in [5.74, 6) is 0.445. The Morgan fingerprint density at radius 2 is 1.89 bits per heavy atom. The summed E-state index contributed by atoms with van der Waals surface area (Å²) in [4.78, 5) is 27.4. The molecule has 0 unspecified atom stereocenters. The van der Waals surface area contributed by atoms with Crippen molar-refractivity contribution in [3.05, 3.63) is 108 Å². The van der Waals surface area contributed by atoms with Crippen molar-refractivity contribution in [3.63, 3.8) is 0 Å². The zero-order valence-corrected chi connectivity index (χ0v) is 20.1. The van der Waals surface area contributed by atoms with Gasteiger partial charge in [-0.1, -0.05) is 42.5 Å². The maximum absolute atomic E-state index is 13.5. The first-order valence-corrected chi connectivity index (χ1v) is 11.8. The molecule has 2 amide bonds. The Bertz CT molecular complexity index is 1420. The Morgan fingerprint density at radius 3 is 2.70 bits per heavy atom. The molecule has 8 nitrogen and oxygen atoms in total. The summed E-state index contributed by atoms with van der Waals surface area (Å²) in [7, 11) is 1.63. The minimum Gasteiger partial charge on any atom is -0.489 e. The number of carbonyl (C=O) groups excluding carboxylic acids is 2. The van der Waals surface area contributed by atoms with Crippen LogP contribution in [-0.2, 0) is 17.8 Å². The highest BCUT2D eigenvalue weighted by Gasteiger charge is 2.31. The predicted molar refractivity (Wildman–Crippen MR) is 135 cm³/mol. The number of hydrogen-bond donors (Lipinski definition) is 1. The van der Waals surface area contributed by atoms with Crippen LogP contribution in [0.1, 0.15) is 16.7 Å². The van der Waals surface area contributed by atoms with Gasteiger partial charge >= 0.3 is 6.03 Å². The molecule has 0 fully saturated rings. The van der Waals surface area contributed by atoms with Gasteiger partial charge in [0.1, 0.15) is 36.6 Å². The van der Waals surface area contributed by atoms with Gasteiger partial charge in [0, 0.05) is 25.7 Å². The predicted octanol–water partition coefficient (Wildman–Crippen LogP) is 4.17. The molecule has 4 aromatic rings. The normalized spacial score (nSPS) is 14.9. The summed E-state index contributed by atoms with van der Waals surface area (Å²) >= 11 is 0. The minimum absolute atomic E-state index is 0.0381. The number of hydrogen-bond acceptors (Lipinski definition) is 5. The van der Waals surface area contributed by atoms with Crippen LogP contribution in [0.4, 0.5) is 14.9 Å². The average molecular weight is 501 g/mol. The summed E-state index contributed by atoms with van der Waals surface area (Å²) in [6.45, 7) is 0.353. The van der Waals surface area contributed by atoms with Crippen LogP contribution in [0.15, 0.2) is 85.2 Å². The first-order valence-electron chi connectivity index (χ1n) is 11.8. The van der Waals surface area contributed by atoms with E-state index in [1.807, 2.05) is 30.3 Å². The third-order valence-electron chi connectivity index (χ3n) is 6.01. The van der Waals surface area contributed by atoms with Gasteiger partial charge in [0.05, 0.1) is 11.9 Å². The van der Waals surface area contributed by atoms with E-state index in [1.54, 1.807) is 43.6 Å². The quantitative estimate of drug-likeness (QED) is 0.430. The second-order valence-corrected chi connectivity index (χ2v) is 8.71. The number of amides is 2. The monoisotopic (exact) mass is 500 g/mol. The Labute approximate surface area is 213 Å². The van der Waals surface area contributed by atoms with Crippen LogP contribution < -0.4 is 19.7 Å². The molecule has 1 atom stereocenters. The largest absolute Gasteiger partial charge is 0.489 e. The molecule has 0 aliphatic carbocycles. The third kappa shape index (κ3) is 5.61. The molecular formula is C28H25FN4O4. The molecule has 9 heteroatoms. The number of aromatic nitrogens is 2. The highest BCUT2D eigenvalue weighted by molar-refractivity contribution is 6.00. The lowest BCUT2D eigenvalue weighted by Crippen LogP contribution is -2.50. The molecule has 2 heterocycles. The fraction of sp³-hybridized carbons (Fsp3) is 0.179. The number of nitrogens with one attached hydrogen (secondary N) is 1. The minimum atomic E-state index is -0.922. The molecule has 188 valence electrons. The number of ether oxygens (including phenoxy) is 2. The van der Waals surface area contributed by atoms with Gasteiger partial charge in [-0.15, -0.1) is 0 Å². The number of halogens is 1. The van der Waals surface area contributed by atoms with Crippen molar-refractivity contribution in [1.82, 2.24) is 15.1 Å². The van der Waals surface area contributed by atoms with Gasteiger partial charge in [0.2, 0.25) is 0 Å². The maximum Gasteiger partial charge on any atom is 0.342 e. The van der Waals surface area contributed by atoms with Gasteiger partial charge < -0.3 is 19.7 Å². The van der Waals surface area contributed by atoms with Crippen LogP contribution in [0, 0.1) is 5.82 Å². The van der Waals surface area contributed by atoms with E-state index in [-0.39, 0.29) is 18.3 Å². The average Bonchev–Trinajstić information content (AvgIpc) is 3.34. The van der Waals surface area contributed by atoms with Crippen molar-refractivity contribution in [2.24, 2.45) is 0 Å². The molecule has 3 aromatic carbocycles. The van der Waals surface area contributed by atoms with Gasteiger partial charge in [-0.3, -0.25) is 4.79 Å².